The van der Waals surface area contributed by atoms with Gasteiger partial charge in [-0.25, -0.2) is 4.39 Å². The summed E-state index contributed by atoms with van der Waals surface area (Å²) in [5.74, 6) is -0.372. The Bertz CT molecular complexity index is 574. The lowest BCUT2D eigenvalue weighted by Gasteiger charge is -2.18. The van der Waals surface area contributed by atoms with Crippen LogP contribution in [0, 0.1) is 5.82 Å². The monoisotopic (exact) mass is 341 g/mol. The van der Waals surface area contributed by atoms with Crippen LogP contribution in [0.25, 0.3) is 0 Å². The van der Waals surface area contributed by atoms with Gasteiger partial charge in [-0.2, -0.15) is 0 Å². The van der Waals surface area contributed by atoms with E-state index in [0.29, 0.717) is 6.42 Å². The molecular weight excluding hydrogens is 329 g/mol. The maximum Gasteiger partial charge on any atom is 0.142 e. The number of halogens is 3. The topological polar surface area (TPSA) is 12.0 Å². The molecule has 100 valence electrons. The quantitative estimate of drug-likeness (QED) is 0.846. The van der Waals surface area contributed by atoms with E-state index in [1.54, 1.807) is 6.07 Å². The first-order chi connectivity index (χ1) is 9.11. The first-order valence-electron chi connectivity index (χ1n) is 5.97. The second kappa shape index (κ2) is 6.51. The predicted octanol–water partition coefficient (Wildman–Crippen LogP) is 4.74. The molecule has 4 heteroatoms. The second-order valence-corrected chi connectivity index (χ2v) is 5.61. The van der Waals surface area contributed by atoms with Crippen molar-refractivity contribution in [2.45, 2.75) is 12.5 Å². The molecule has 0 heterocycles. The summed E-state index contributed by atoms with van der Waals surface area (Å²) >= 11 is 9.46. The summed E-state index contributed by atoms with van der Waals surface area (Å²) in [6.45, 7) is 0. The zero-order valence-electron chi connectivity index (χ0n) is 10.5. The molecule has 0 amide bonds. The van der Waals surface area contributed by atoms with Crippen LogP contribution < -0.4 is 5.32 Å². The van der Waals surface area contributed by atoms with Gasteiger partial charge in [-0.15, -0.1) is 0 Å². The van der Waals surface area contributed by atoms with Crippen LogP contribution in [-0.4, -0.2) is 7.05 Å². The third-order valence-corrected chi connectivity index (χ3v) is 3.97. The van der Waals surface area contributed by atoms with Crippen LogP contribution in [0.5, 0.6) is 0 Å². The predicted molar refractivity (Wildman–Crippen MR) is 81.1 cm³/mol. The van der Waals surface area contributed by atoms with Crippen LogP contribution in [0.15, 0.2) is 46.9 Å². The highest BCUT2D eigenvalue weighted by atomic mass is 79.9. The number of rotatable bonds is 4. The Hall–Kier alpha value is -0.900. The summed E-state index contributed by atoms with van der Waals surface area (Å²) in [5, 5.41) is 3.45. The first kappa shape index (κ1) is 14.5. The molecule has 0 fully saturated rings. The summed E-state index contributed by atoms with van der Waals surface area (Å²) in [6.07, 6.45) is 0.642. The number of hydrogen-bond acceptors (Lipinski definition) is 1. The highest BCUT2D eigenvalue weighted by Crippen LogP contribution is 2.26. The minimum Gasteiger partial charge on any atom is -0.313 e. The number of benzene rings is 2. The molecule has 0 bridgehead atoms. The summed E-state index contributed by atoms with van der Waals surface area (Å²) in [6, 6.07) is 13.1. The molecule has 1 N–H and O–H groups in total. The van der Waals surface area contributed by atoms with E-state index < -0.39 is 0 Å². The molecule has 0 aromatic heterocycles. The fraction of sp³-hybridized carbons (Fsp3) is 0.200. The summed E-state index contributed by atoms with van der Waals surface area (Å²) in [5.41, 5.74) is 1.94. The maximum atomic E-state index is 13.4. The standard InChI is InChI=1S/C15H14BrClFN/c1-19-14(10-4-2-6-12(16)8-10)9-11-5-3-7-13(18)15(11)17/h2-8,14,19H,9H2,1H3. The van der Waals surface area contributed by atoms with Gasteiger partial charge < -0.3 is 5.32 Å². The molecule has 2 aromatic rings. The molecule has 2 rings (SSSR count). The average Bonchev–Trinajstić information content (AvgIpc) is 2.40. The Balaban J connectivity index is 2.26. The highest BCUT2D eigenvalue weighted by molar-refractivity contribution is 9.10. The second-order valence-electron chi connectivity index (χ2n) is 4.31. The lowest BCUT2D eigenvalue weighted by atomic mass is 9.99. The molecule has 0 radical (unpaired) electrons. The molecule has 0 saturated heterocycles. The fourth-order valence-electron chi connectivity index (χ4n) is 2.04. The molecular formula is C15H14BrClFN. The summed E-state index contributed by atoms with van der Waals surface area (Å²) in [7, 11) is 1.89. The van der Waals surface area contributed by atoms with Gasteiger partial charge in [0.25, 0.3) is 0 Å². The van der Waals surface area contributed by atoms with Gasteiger partial charge in [0.15, 0.2) is 0 Å². The van der Waals surface area contributed by atoms with Crippen LogP contribution in [0.3, 0.4) is 0 Å². The van der Waals surface area contributed by atoms with E-state index in [-0.39, 0.29) is 16.9 Å². The summed E-state index contributed by atoms with van der Waals surface area (Å²) < 4.78 is 14.5. The van der Waals surface area contributed by atoms with Crippen molar-refractivity contribution in [2.24, 2.45) is 0 Å². The van der Waals surface area contributed by atoms with Crippen molar-refractivity contribution >= 4 is 27.5 Å². The summed E-state index contributed by atoms with van der Waals surface area (Å²) in [4.78, 5) is 0. The van der Waals surface area contributed by atoms with Gasteiger partial charge in [-0.3, -0.25) is 0 Å². The van der Waals surface area contributed by atoms with Crippen molar-refractivity contribution in [2.75, 3.05) is 7.05 Å². The van der Waals surface area contributed by atoms with Crippen molar-refractivity contribution in [1.29, 1.82) is 0 Å². The molecule has 0 aliphatic heterocycles. The largest absolute Gasteiger partial charge is 0.313 e. The van der Waals surface area contributed by atoms with E-state index in [1.807, 2.05) is 37.4 Å². The van der Waals surface area contributed by atoms with Crippen molar-refractivity contribution in [3.8, 4) is 0 Å². The Morgan fingerprint density at radius 3 is 2.68 bits per heavy atom. The van der Waals surface area contributed by atoms with Crippen LogP contribution in [0.1, 0.15) is 17.2 Å². The van der Waals surface area contributed by atoms with Crippen molar-refractivity contribution in [3.63, 3.8) is 0 Å². The van der Waals surface area contributed by atoms with Gasteiger partial charge in [0.2, 0.25) is 0 Å². The van der Waals surface area contributed by atoms with Crippen molar-refractivity contribution in [1.82, 2.24) is 5.32 Å². The van der Waals surface area contributed by atoms with E-state index in [2.05, 4.69) is 21.2 Å². The van der Waals surface area contributed by atoms with Crippen molar-refractivity contribution < 1.29 is 4.39 Å². The minimum atomic E-state index is -0.372. The highest BCUT2D eigenvalue weighted by Gasteiger charge is 2.14. The van der Waals surface area contributed by atoms with Gasteiger partial charge >= 0.3 is 0 Å². The molecule has 1 atom stereocenters. The zero-order chi connectivity index (χ0) is 13.8. The van der Waals surface area contributed by atoms with E-state index in [9.17, 15) is 4.39 Å². The Kier molecular flexibility index (Phi) is 4.97. The lowest BCUT2D eigenvalue weighted by molar-refractivity contribution is 0.584. The molecule has 0 aliphatic rings. The minimum absolute atomic E-state index is 0.0943. The van der Waals surface area contributed by atoms with E-state index in [4.69, 9.17) is 11.6 Å². The molecule has 1 nitrogen and oxygen atoms in total. The Morgan fingerprint density at radius 1 is 1.26 bits per heavy atom. The van der Waals surface area contributed by atoms with E-state index >= 15 is 0 Å². The molecule has 2 aromatic carbocycles. The molecule has 0 spiro atoms. The van der Waals surface area contributed by atoms with Crippen LogP contribution in [-0.2, 0) is 6.42 Å². The van der Waals surface area contributed by atoms with Gasteiger partial charge in [0.1, 0.15) is 5.82 Å². The van der Waals surface area contributed by atoms with Gasteiger partial charge in [-0.1, -0.05) is 51.8 Å². The average molecular weight is 343 g/mol. The maximum absolute atomic E-state index is 13.4. The number of nitrogens with one attached hydrogen (secondary N) is 1. The van der Waals surface area contributed by atoms with Crippen LogP contribution >= 0.6 is 27.5 Å². The van der Waals surface area contributed by atoms with Crippen molar-refractivity contribution in [3.05, 3.63) is 68.9 Å². The fourth-order valence-corrected chi connectivity index (χ4v) is 2.66. The normalized spacial score (nSPS) is 12.4. The van der Waals surface area contributed by atoms with E-state index in [0.717, 1.165) is 15.6 Å². The Labute approximate surface area is 125 Å². The SMILES string of the molecule is CNC(Cc1cccc(F)c1Cl)c1cccc(Br)c1. The lowest BCUT2D eigenvalue weighted by Crippen LogP contribution is -2.19. The Morgan fingerprint density at radius 2 is 2.00 bits per heavy atom. The zero-order valence-corrected chi connectivity index (χ0v) is 12.8. The van der Waals surface area contributed by atoms with Crippen LogP contribution in [0.4, 0.5) is 4.39 Å². The molecule has 1 unspecified atom stereocenters. The molecule has 0 aliphatic carbocycles. The smallest absolute Gasteiger partial charge is 0.142 e. The van der Waals surface area contributed by atoms with Crippen LogP contribution in [0.2, 0.25) is 5.02 Å². The van der Waals surface area contributed by atoms with Gasteiger partial charge in [0, 0.05) is 10.5 Å². The third-order valence-electron chi connectivity index (χ3n) is 3.06. The third kappa shape index (κ3) is 3.56. The number of likely N-dealkylation sites (N-methyl/N-ethyl adjacent to an activating group) is 1. The van der Waals surface area contributed by atoms with E-state index in [1.165, 1.54) is 6.07 Å². The molecule has 19 heavy (non-hydrogen) atoms. The first-order valence-corrected chi connectivity index (χ1v) is 7.14. The molecule has 0 saturated carbocycles. The number of hydrogen-bond donors (Lipinski definition) is 1. The van der Waals surface area contributed by atoms with Gasteiger partial charge in [0.05, 0.1) is 5.02 Å². The van der Waals surface area contributed by atoms with Gasteiger partial charge in [-0.05, 0) is 42.8 Å².